The topological polar surface area (TPSA) is 37.3 Å². The molecule has 0 aliphatic heterocycles. The van der Waals surface area contributed by atoms with Crippen LogP contribution in [0.1, 0.15) is 32.6 Å². The molecule has 0 aliphatic carbocycles. The molecule has 2 rings (SSSR count). The lowest BCUT2D eigenvalue weighted by molar-refractivity contribution is 0.0696. The van der Waals surface area contributed by atoms with Gasteiger partial charge in [0.25, 0.3) is 0 Å². The predicted molar refractivity (Wildman–Crippen MR) is 78.2 cm³/mol. The van der Waals surface area contributed by atoms with Crippen molar-refractivity contribution in [1.29, 1.82) is 0 Å². The zero-order valence-electron chi connectivity index (χ0n) is 11.1. The third-order valence-corrected chi connectivity index (χ3v) is 3.18. The highest BCUT2D eigenvalue weighted by Crippen LogP contribution is 2.15. The van der Waals surface area contributed by atoms with Crippen LogP contribution in [0.25, 0.3) is 12.2 Å². The summed E-state index contributed by atoms with van der Waals surface area (Å²) in [5.74, 6) is -0.902. The lowest BCUT2D eigenvalue weighted by Crippen LogP contribution is -1.98. The minimum Gasteiger partial charge on any atom is -0.478 e. The molecule has 0 unspecified atom stereocenters. The van der Waals surface area contributed by atoms with Gasteiger partial charge in [-0.25, -0.2) is 4.79 Å². The van der Waals surface area contributed by atoms with Crippen LogP contribution in [0.4, 0.5) is 0 Å². The summed E-state index contributed by atoms with van der Waals surface area (Å²) in [5, 5.41) is 9.11. The van der Waals surface area contributed by atoms with E-state index in [2.05, 4.69) is 26.0 Å². The molecule has 96 valence electrons. The Morgan fingerprint density at radius 2 is 1.74 bits per heavy atom. The van der Waals surface area contributed by atoms with Gasteiger partial charge < -0.3 is 5.11 Å². The second-order valence-electron chi connectivity index (χ2n) is 4.57. The van der Waals surface area contributed by atoms with E-state index >= 15 is 0 Å². The highest BCUT2D eigenvalue weighted by molar-refractivity contribution is 5.93. The summed E-state index contributed by atoms with van der Waals surface area (Å²) in [5.41, 5.74) is 4.59. The minimum absolute atomic E-state index is 0.322. The van der Waals surface area contributed by atoms with Gasteiger partial charge in [-0.15, -0.1) is 0 Å². The number of rotatable bonds is 3. The van der Waals surface area contributed by atoms with E-state index in [0.717, 1.165) is 5.56 Å². The van der Waals surface area contributed by atoms with Crippen molar-refractivity contribution in [1.82, 2.24) is 0 Å². The number of hydrogen-bond donors (Lipinski definition) is 1. The Morgan fingerprint density at radius 1 is 1.00 bits per heavy atom. The second-order valence-corrected chi connectivity index (χ2v) is 4.57. The molecule has 0 aromatic heterocycles. The summed E-state index contributed by atoms with van der Waals surface area (Å²) in [6.45, 7) is 4.14. The van der Waals surface area contributed by atoms with Gasteiger partial charge in [0.2, 0.25) is 0 Å². The first kappa shape index (κ1) is 13.1. The van der Waals surface area contributed by atoms with Gasteiger partial charge in [0.05, 0.1) is 5.56 Å². The average Bonchev–Trinajstić information content (AvgIpc) is 2.40. The van der Waals surface area contributed by atoms with Crippen molar-refractivity contribution in [2.75, 3.05) is 0 Å². The summed E-state index contributed by atoms with van der Waals surface area (Å²) in [4.78, 5) is 11.1. The van der Waals surface area contributed by atoms with Gasteiger partial charge in [0, 0.05) is 0 Å². The lowest BCUT2D eigenvalue weighted by Gasteiger charge is -2.02. The van der Waals surface area contributed by atoms with Crippen LogP contribution in [-0.4, -0.2) is 11.1 Å². The van der Waals surface area contributed by atoms with Gasteiger partial charge in [-0.2, -0.15) is 0 Å². The molecule has 0 aliphatic rings. The molecule has 0 spiro atoms. The normalized spacial score (nSPS) is 10.8. The molecule has 0 saturated heterocycles. The third kappa shape index (κ3) is 3.10. The van der Waals surface area contributed by atoms with Crippen molar-refractivity contribution in [2.45, 2.75) is 13.8 Å². The highest BCUT2D eigenvalue weighted by Gasteiger charge is 2.05. The molecule has 2 aromatic rings. The highest BCUT2D eigenvalue weighted by atomic mass is 16.4. The quantitative estimate of drug-likeness (QED) is 0.832. The zero-order valence-corrected chi connectivity index (χ0v) is 11.1. The fourth-order valence-electron chi connectivity index (χ4n) is 1.89. The van der Waals surface area contributed by atoms with E-state index in [1.807, 2.05) is 24.3 Å². The van der Waals surface area contributed by atoms with Crippen molar-refractivity contribution in [3.05, 3.63) is 70.3 Å². The summed E-state index contributed by atoms with van der Waals surface area (Å²) in [6, 6.07) is 13.2. The van der Waals surface area contributed by atoms with Crippen molar-refractivity contribution in [3.8, 4) is 0 Å². The molecule has 1 N–H and O–H groups in total. The maximum absolute atomic E-state index is 11.1. The van der Waals surface area contributed by atoms with Crippen LogP contribution in [0.3, 0.4) is 0 Å². The predicted octanol–water partition coefficient (Wildman–Crippen LogP) is 4.17. The largest absolute Gasteiger partial charge is 0.478 e. The molecule has 0 amide bonds. The second kappa shape index (κ2) is 5.53. The van der Waals surface area contributed by atoms with Crippen LogP contribution in [0.15, 0.2) is 42.5 Å². The molecular formula is C17H16O2. The molecule has 0 bridgehead atoms. The molecular weight excluding hydrogens is 236 g/mol. The summed E-state index contributed by atoms with van der Waals surface area (Å²) in [6.07, 6.45) is 3.78. The summed E-state index contributed by atoms with van der Waals surface area (Å²) in [7, 11) is 0. The lowest BCUT2D eigenvalue weighted by atomic mass is 10.0. The van der Waals surface area contributed by atoms with Crippen molar-refractivity contribution in [2.24, 2.45) is 0 Å². The van der Waals surface area contributed by atoms with Crippen LogP contribution in [0.2, 0.25) is 0 Å². The number of hydrogen-bond acceptors (Lipinski definition) is 1. The Kier molecular flexibility index (Phi) is 3.81. The summed E-state index contributed by atoms with van der Waals surface area (Å²) >= 11 is 0. The van der Waals surface area contributed by atoms with Gasteiger partial charge in [-0.3, -0.25) is 0 Å². The van der Waals surface area contributed by atoms with E-state index in [1.54, 1.807) is 18.2 Å². The van der Waals surface area contributed by atoms with E-state index in [0.29, 0.717) is 11.1 Å². The monoisotopic (exact) mass is 252 g/mol. The van der Waals surface area contributed by atoms with Crippen LogP contribution in [-0.2, 0) is 0 Å². The Bertz CT molecular complexity index is 639. The Balaban J connectivity index is 2.32. The van der Waals surface area contributed by atoms with Gasteiger partial charge >= 0.3 is 5.97 Å². The molecule has 19 heavy (non-hydrogen) atoms. The molecule has 0 saturated carbocycles. The van der Waals surface area contributed by atoms with Crippen molar-refractivity contribution in [3.63, 3.8) is 0 Å². The van der Waals surface area contributed by atoms with Crippen LogP contribution in [0, 0.1) is 13.8 Å². The van der Waals surface area contributed by atoms with E-state index in [-0.39, 0.29) is 0 Å². The van der Waals surface area contributed by atoms with Gasteiger partial charge in [0.15, 0.2) is 0 Å². The number of carboxylic acids is 1. The molecule has 2 aromatic carbocycles. The SMILES string of the molecule is Cc1ccc(C=Cc2ccccc2C(=O)O)cc1C. The fraction of sp³-hybridized carbons (Fsp3) is 0.118. The first-order valence-corrected chi connectivity index (χ1v) is 6.15. The first-order chi connectivity index (χ1) is 9.08. The van der Waals surface area contributed by atoms with Crippen LogP contribution >= 0.6 is 0 Å². The smallest absolute Gasteiger partial charge is 0.336 e. The maximum Gasteiger partial charge on any atom is 0.336 e. The third-order valence-electron chi connectivity index (χ3n) is 3.18. The van der Waals surface area contributed by atoms with Gasteiger partial charge in [0.1, 0.15) is 0 Å². The van der Waals surface area contributed by atoms with Crippen molar-refractivity contribution < 1.29 is 9.90 Å². The Labute approximate surface area is 113 Å². The van der Waals surface area contributed by atoms with Gasteiger partial charge in [-0.05, 0) is 42.2 Å². The molecule has 0 heterocycles. The molecule has 0 fully saturated rings. The van der Waals surface area contributed by atoms with E-state index in [4.69, 9.17) is 5.11 Å². The van der Waals surface area contributed by atoms with Gasteiger partial charge in [-0.1, -0.05) is 48.6 Å². The Hall–Kier alpha value is -2.35. The average molecular weight is 252 g/mol. The fourth-order valence-corrected chi connectivity index (χ4v) is 1.89. The zero-order chi connectivity index (χ0) is 13.8. The number of aryl methyl sites for hydroxylation is 2. The summed E-state index contributed by atoms with van der Waals surface area (Å²) < 4.78 is 0. The van der Waals surface area contributed by atoms with Crippen molar-refractivity contribution >= 4 is 18.1 Å². The molecule has 0 radical (unpaired) electrons. The van der Waals surface area contributed by atoms with Crippen LogP contribution < -0.4 is 0 Å². The van der Waals surface area contributed by atoms with E-state index < -0.39 is 5.97 Å². The number of carbonyl (C=O) groups is 1. The number of carboxylic acid groups (broad SMARTS) is 1. The molecule has 0 atom stereocenters. The molecule has 2 nitrogen and oxygen atoms in total. The molecule has 2 heteroatoms. The number of benzene rings is 2. The number of aromatic carboxylic acids is 1. The minimum atomic E-state index is -0.902. The maximum atomic E-state index is 11.1. The van der Waals surface area contributed by atoms with Crippen LogP contribution in [0.5, 0.6) is 0 Å². The standard InChI is InChI=1S/C17H16O2/c1-12-7-8-14(11-13(12)2)9-10-15-5-3-4-6-16(15)17(18)19/h3-11H,1-2H3,(H,18,19). The van der Waals surface area contributed by atoms with E-state index in [9.17, 15) is 4.79 Å². The van der Waals surface area contributed by atoms with E-state index in [1.165, 1.54) is 11.1 Å². The Morgan fingerprint density at radius 3 is 2.42 bits per heavy atom. The first-order valence-electron chi connectivity index (χ1n) is 6.15.